The molecule has 0 saturated carbocycles. The Morgan fingerprint density at radius 3 is 2.05 bits per heavy atom. The summed E-state index contributed by atoms with van der Waals surface area (Å²) in [6.07, 6.45) is 0. The predicted molar refractivity (Wildman–Crippen MR) is 80.6 cm³/mol. The Morgan fingerprint density at radius 2 is 1.47 bits per heavy atom. The summed E-state index contributed by atoms with van der Waals surface area (Å²) < 4.78 is 0. The molecule has 98 valence electrons. The monoisotopic (exact) mass is 313 g/mol. The molecule has 1 N–H and O–H groups in total. The van der Waals surface area contributed by atoms with Crippen molar-refractivity contribution in [3.63, 3.8) is 0 Å². The maximum Gasteiger partial charge on any atom is 0.258 e. The normalized spacial score (nSPS) is 10.3. The molecule has 0 aliphatic rings. The maximum atomic E-state index is 12.2. The number of hydrogen-bond acceptors (Lipinski definition) is 1. The van der Waals surface area contributed by atoms with Gasteiger partial charge in [-0.3, -0.25) is 4.79 Å². The lowest BCUT2D eigenvalue weighted by atomic mass is 10.1. The van der Waals surface area contributed by atoms with E-state index in [1.165, 1.54) is 0 Å². The smallest absolute Gasteiger partial charge is 0.258 e. The maximum absolute atomic E-state index is 12.2. The molecule has 0 aromatic heterocycles. The molecule has 2 nitrogen and oxygen atoms in total. The molecule has 0 atom stereocenters. The Bertz CT molecular complexity index is 600. The van der Waals surface area contributed by atoms with Gasteiger partial charge in [0.2, 0.25) is 0 Å². The first kappa shape index (κ1) is 14.2. The van der Waals surface area contributed by atoms with Crippen LogP contribution in [0.2, 0.25) is 15.1 Å². The van der Waals surface area contributed by atoms with Crippen molar-refractivity contribution in [2.45, 2.75) is 6.92 Å². The van der Waals surface area contributed by atoms with Crippen molar-refractivity contribution in [1.82, 2.24) is 0 Å². The molecular weight excluding hydrogens is 305 g/mol. The summed E-state index contributed by atoms with van der Waals surface area (Å²) in [5, 5.41) is 3.81. The molecule has 0 bridgehead atoms. The predicted octanol–water partition coefficient (Wildman–Crippen LogP) is 5.21. The molecule has 2 aromatic carbocycles. The third-order valence-corrected chi connectivity index (χ3v) is 3.60. The van der Waals surface area contributed by atoms with Gasteiger partial charge in [0, 0.05) is 0 Å². The Morgan fingerprint density at radius 1 is 0.947 bits per heavy atom. The fourth-order valence-corrected chi connectivity index (χ4v) is 2.52. The summed E-state index contributed by atoms with van der Waals surface area (Å²) in [6, 6.07) is 10.3. The highest BCUT2D eigenvalue weighted by molar-refractivity contribution is 6.41. The summed E-state index contributed by atoms with van der Waals surface area (Å²) >= 11 is 18.0. The number of rotatable bonds is 2. The van der Waals surface area contributed by atoms with Gasteiger partial charge in [-0.05, 0) is 30.7 Å². The molecule has 0 radical (unpaired) electrons. The van der Waals surface area contributed by atoms with Gasteiger partial charge in [0.1, 0.15) is 0 Å². The molecule has 0 saturated heterocycles. The number of amides is 1. The molecule has 0 aliphatic heterocycles. The summed E-state index contributed by atoms with van der Waals surface area (Å²) in [6.45, 7) is 1.86. The molecule has 2 rings (SSSR count). The molecule has 19 heavy (non-hydrogen) atoms. The van der Waals surface area contributed by atoms with Crippen LogP contribution in [-0.2, 0) is 0 Å². The van der Waals surface area contributed by atoms with Crippen molar-refractivity contribution in [3.05, 3.63) is 62.6 Å². The number of aryl methyl sites for hydroxylation is 1. The van der Waals surface area contributed by atoms with Gasteiger partial charge in [-0.15, -0.1) is 0 Å². The Kier molecular flexibility index (Phi) is 4.35. The minimum absolute atomic E-state index is 0.241. The molecule has 0 fully saturated rings. The zero-order chi connectivity index (χ0) is 14.0. The minimum Gasteiger partial charge on any atom is -0.320 e. The van der Waals surface area contributed by atoms with E-state index in [1.54, 1.807) is 24.3 Å². The quantitative estimate of drug-likeness (QED) is 0.810. The summed E-state index contributed by atoms with van der Waals surface area (Å²) in [7, 11) is 0. The Balaban J connectivity index is 2.37. The lowest BCUT2D eigenvalue weighted by Crippen LogP contribution is -2.14. The van der Waals surface area contributed by atoms with Crippen molar-refractivity contribution in [2.75, 3.05) is 5.32 Å². The number of para-hydroxylation sites is 1. The number of carbonyl (C=O) groups is 1. The van der Waals surface area contributed by atoms with Gasteiger partial charge >= 0.3 is 0 Å². The minimum atomic E-state index is -0.383. The fourth-order valence-electron chi connectivity index (χ4n) is 1.68. The molecule has 0 heterocycles. The largest absolute Gasteiger partial charge is 0.320 e. The highest BCUT2D eigenvalue weighted by atomic mass is 35.5. The zero-order valence-corrected chi connectivity index (χ0v) is 12.3. The van der Waals surface area contributed by atoms with Crippen LogP contribution in [0.1, 0.15) is 15.9 Å². The molecule has 0 spiro atoms. The van der Waals surface area contributed by atoms with Crippen LogP contribution in [0, 0.1) is 6.92 Å². The van der Waals surface area contributed by atoms with E-state index >= 15 is 0 Å². The lowest BCUT2D eigenvalue weighted by Gasteiger charge is -2.11. The van der Waals surface area contributed by atoms with E-state index in [2.05, 4.69) is 5.32 Å². The Hall–Kier alpha value is -1.22. The second-order valence-corrected chi connectivity index (χ2v) is 5.20. The Labute approximate surface area is 126 Å². The number of carbonyl (C=O) groups excluding carboxylic acids is 1. The van der Waals surface area contributed by atoms with Crippen molar-refractivity contribution >= 4 is 46.4 Å². The van der Waals surface area contributed by atoms with E-state index in [0.29, 0.717) is 20.8 Å². The second kappa shape index (κ2) is 5.83. The van der Waals surface area contributed by atoms with Gasteiger partial charge in [-0.25, -0.2) is 0 Å². The van der Waals surface area contributed by atoms with Gasteiger partial charge < -0.3 is 5.32 Å². The van der Waals surface area contributed by atoms with Crippen LogP contribution in [0.25, 0.3) is 0 Å². The standard InChI is InChI=1S/C14H10Cl3NO/c1-8-4-2-7-11(17)13(8)18-14(19)12-9(15)5-3-6-10(12)16/h2-7H,1H3,(H,18,19). The van der Waals surface area contributed by atoms with Gasteiger partial charge in [0.25, 0.3) is 5.91 Å². The van der Waals surface area contributed by atoms with Gasteiger partial charge in [0.05, 0.1) is 26.3 Å². The third-order valence-electron chi connectivity index (χ3n) is 2.65. The van der Waals surface area contributed by atoms with Crippen molar-refractivity contribution in [3.8, 4) is 0 Å². The van der Waals surface area contributed by atoms with Crippen LogP contribution in [0.3, 0.4) is 0 Å². The first-order valence-electron chi connectivity index (χ1n) is 5.51. The molecule has 1 amide bonds. The topological polar surface area (TPSA) is 29.1 Å². The van der Waals surface area contributed by atoms with E-state index in [9.17, 15) is 4.79 Å². The van der Waals surface area contributed by atoms with Crippen LogP contribution >= 0.6 is 34.8 Å². The van der Waals surface area contributed by atoms with E-state index in [-0.39, 0.29) is 11.5 Å². The van der Waals surface area contributed by atoms with Crippen LogP contribution in [0.15, 0.2) is 36.4 Å². The van der Waals surface area contributed by atoms with Gasteiger partial charge in [0.15, 0.2) is 0 Å². The van der Waals surface area contributed by atoms with Crippen molar-refractivity contribution < 1.29 is 4.79 Å². The molecule has 5 heteroatoms. The average molecular weight is 315 g/mol. The fraction of sp³-hybridized carbons (Fsp3) is 0.0714. The molecular formula is C14H10Cl3NO. The van der Waals surface area contributed by atoms with E-state index in [0.717, 1.165) is 5.56 Å². The lowest BCUT2D eigenvalue weighted by molar-refractivity contribution is 0.102. The van der Waals surface area contributed by atoms with Crippen LogP contribution in [-0.4, -0.2) is 5.91 Å². The van der Waals surface area contributed by atoms with Crippen molar-refractivity contribution in [1.29, 1.82) is 0 Å². The third kappa shape index (κ3) is 3.03. The summed E-state index contributed by atoms with van der Waals surface area (Å²) in [5.41, 5.74) is 1.67. The average Bonchev–Trinajstić information content (AvgIpc) is 2.34. The van der Waals surface area contributed by atoms with E-state index in [4.69, 9.17) is 34.8 Å². The SMILES string of the molecule is Cc1cccc(Cl)c1NC(=O)c1c(Cl)cccc1Cl. The number of anilines is 1. The summed E-state index contributed by atoms with van der Waals surface area (Å²) in [4.78, 5) is 12.2. The van der Waals surface area contributed by atoms with E-state index < -0.39 is 0 Å². The van der Waals surface area contributed by atoms with E-state index in [1.807, 2.05) is 19.1 Å². The highest BCUT2D eigenvalue weighted by Gasteiger charge is 2.16. The number of benzene rings is 2. The zero-order valence-electron chi connectivity index (χ0n) is 10.0. The van der Waals surface area contributed by atoms with Crippen LogP contribution in [0.5, 0.6) is 0 Å². The first-order chi connectivity index (χ1) is 9.00. The molecule has 0 unspecified atom stereocenters. The van der Waals surface area contributed by atoms with Crippen LogP contribution < -0.4 is 5.32 Å². The molecule has 0 aliphatic carbocycles. The van der Waals surface area contributed by atoms with Gasteiger partial charge in [-0.2, -0.15) is 0 Å². The first-order valence-corrected chi connectivity index (χ1v) is 6.64. The second-order valence-electron chi connectivity index (χ2n) is 3.98. The number of hydrogen-bond donors (Lipinski definition) is 1. The molecule has 2 aromatic rings. The van der Waals surface area contributed by atoms with Gasteiger partial charge in [-0.1, -0.05) is 53.0 Å². The number of nitrogens with one attached hydrogen (secondary N) is 1. The summed E-state index contributed by atoms with van der Waals surface area (Å²) in [5.74, 6) is -0.383. The number of halogens is 3. The highest BCUT2D eigenvalue weighted by Crippen LogP contribution is 2.29. The van der Waals surface area contributed by atoms with Crippen molar-refractivity contribution in [2.24, 2.45) is 0 Å². The van der Waals surface area contributed by atoms with Crippen LogP contribution in [0.4, 0.5) is 5.69 Å².